The molecule has 0 aliphatic carbocycles. The minimum Gasteiger partial charge on any atom is -0.462 e. The zero-order valence-electron chi connectivity index (χ0n) is 39.0. The Morgan fingerprint density at radius 3 is 1.36 bits per heavy atom. The number of amides is 1. The highest BCUT2D eigenvalue weighted by Crippen LogP contribution is 2.16. The lowest BCUT2D eigenvalue weighted by atomic mass is 10.0. The second-order valence-electron chi connectivity index (χ2n) is 16.0. The van der Waals surface area contributed by atoms with E-state index in [0.717, 1.165) is 70.6 Å². The van der Waals surface area contributed by atoms with Crippen LogP contribution in [0.25, 0.3) is 0 Å². The van der Waals surface area contributed by atoms with E-state index in [1.54, 1.807) is 0 Å². The molecule has 3 unspecified atom stereocenters. The van der Waals surface area contributed by atoms with Gasteiger partial charge in [-0.2, -0.15) is 0 Å². The number of carbonyl (C=O) groups is 2. The lowest BCUT2D eigenvalue weighted by molar-refractivity contribution is -0.151. The molecule has 0 aromatic carbocycles. The number of nitrogens with one attached hydrogen (secondary N) is 1. The summed E-state index contributed by atoms with van der Waals surface area (Å²) in [7, 11) is 0. The molecule has 0 fully saturated rings. The number of allylic oxidation sites excluding steroid dienone is 20. The van der Waals surface area contributed by atoms with Crippen LogP contribution in [0.15, 0.2) is 122 Å². The number of ether oxygens (including phenoxy) is 1. The Hall–Kier alpha value is -3.74. The van der Waals surface area contributed by atoms with E-state index < -0.39 is 18.2 Å². The fourth-order valence-electron chi connectivity index (χ4n) is 6.65. The molecule has 0 bridgehead atoms. The Labute approximate surface area is 374 Å². The Bertz CT molecular complexity index is 1310. The van der Waals surface area contributed by atoms with E-state index in [1.165, 1.54) is 70.6 Å². The van der Waals surface area contributed by atoms with Gasteiger partial charge in [0.25, 0.3) is 0 Å². The maximum absolute atomic E-state index is 13.2. The lowest BCUT2D eigenvalue weighted by Crippen LogP contribution is -2.46. The van der Waals surface area contributed by atoms with Crippen LogP contribution in [0.4, 0.5) is 0 Å². The Balaban J connectivity index is 4.82. The van der Waals surface area contributed by atoms with E-state index in [2.05, 4.69) is 50.4 Å². The fraction of sp³-hybridized carbons (Fsp3) is 0.600. The van der Waals surface area contributed by atoms with Crippen molar-refractivity contribution >= 4 is 11.9 Å². The average Bonchev–Trinajstić information content (AvgIpc) is 3.25. The molecule has 0 heterocycles. The van der Waals surface area contributed by atoms with Crippen molar-refractivity contribution in [3.05, 3.63) is 122 Å². The summed E-state index contributed by atoms with van der Waals surface area (Å²) in [5, 5.41) is 23.7. The van der Waals surface area contributed by atoms with Crippen LogP contribution >= 0.6 is 0 Å². The summed E-state index contributed by atoms with van der Waals surface area (Å²) in [6.07, 6.45) is 65.4. The summed E-state index contributed by atoms with van der Waals surface area (Å²) in [4.78, 5) is 26.1. The van der Waals surface area contributed by atoms with Crippen LogP contribution in [0, 0.1) is 0 Å². The van der Waals surface area contributed by atoms with Gasteiger partial charge in [-0.1, -0.05) is 239 Å². The SMILES string of the molecule is CC\C=C/C=C/C=C/C=C\C=C\C=C\CCCC(CC(=O)NC(CO)C(O)CCCCCCCCCCCCCCCC)OC(=O)CCCCC\C=C/C=C\C=C\C=C\CC. The van der Waals surface area contributed by atoms with Crippen molar-refractivity contribution in [3.63, 3.8) is 0 Å². The van der Waals surface area contributed by atoms with Crippen molar-refractivity contribution < 1.29 is 24.5 Å². The summed E-state index contributed by atoms with van der Waals surface area (Å²) < 4.78 is 5.86. The van der Waals surface area contributed by atoms with Crippen LogP contribution in [0.2, 0.25) is 0 Å². The standard InChI is InChI=1S/C55H89NO5/c1-4-7-10-13-16-19-22-25-27-29-31-34-37-40-43-46-51(61-55(60)48-45-42-39-36-33-28-24-21-18-15-12-9-6-3)49-54(59)56-52(50-57)53(58)47-44-41-38-35-32-30-26-23-20-17-14-11-8-5-2/h7,9-10,12-13,15-16,18-19,21-22,24-25,27-29,31,33-34,37,51-53,57-58H,4-6,8,11,14,17,20,23,26,30,32,35-36,38-50H2,1-3H3,(H,56,59)/b10-7-,12-9+,16-13+,18-15+,22-19+,24-21-,27-25-,31-29+,33-28-,37-34+. The first-order valence-electron chi connectivity index (χ1n) is 24.4. The number of rotatable bonds is 41. The first kappa shape index (κ1) is 57.3. The van der Waals surface area contributed by atoms with Crippen LogP contribution in [-0.4, -0.2) is 46.9 Å². The molecule has 6 nitrogen and oxygen atoms in total. The molecule has 6 heteroatoms. The molecule has 0 aromatic heterocycles. The zero-order chi connectivity index (χ0) is 44.5. The van der Waals surface area contributed by atoms with E-state index in [-0.39, 0.29) is 24.9 Å². The van der Waals surface area contributed by atoms with Crippen LogP contribution in [-0.2, 0) is 14.3 Å². The van der Waals surface area contributed by atoms with Gasteiger partial charge >= 0.3 is 5.97 Å². The summed E-state index contributed by atoms with van der Waals surface area (Å²) in [6, 6.07) is -0.742. The Morgan fingerprint density at radius 1 is 0.492 bits per heavy atom. The number of aliphatic hydroxyl groups is 2. The molecular formula is C55H89NO5. The number of hydrogen-bond donors (Lipinski definition) is 3. The van der Waals surface area contributed by atoms with Crippen molar-refractivity contribution in [3.8, 4) is 0 Å². The van der Waals surface area contributed by atoms with Gasteiger partial charge in [0.2, 0.25) is 5.91 Å². The molecule has 0 aromatic rings. The molecule has 61 heavy (non-hydrogen) atoms. The van der Waals surface area contributed by atoms with E-state index in [1.807, 2.05) is 97.2 Å². The van der Waals surface area contributed by atoms with Gasteiger partial charge in [-0.25, -0.2) is 0 Å². The monoisotopic (exact) mass is 844 g/mol. The highest BCUT2D eigenvalue weighted by atomic mass is 16.5. The first-order valence-corrected chi connectivity index (χ1v) is 24.4. The average molecular weight is 844 g/mol. The van der Waals surface area contributed by atoms with E-state index in [0.29, 0.717) is 19.3 Å². The number of aliphatic hydroxyl groups excluding tert-OH is 2. The van der Waals surface area contributed by atoms with Gasteiger partial charge in [0.15, 0.2) is 0 Å². The van der Waals surface area contributed by atoms with Gasteiger partial charge in [-0.15, -0.1) is 0 Å². The molecule has 0 rings (SSSR count). The molecule has 0 aliphatic heterocycles. The molecule has 3 N–H and O–H groups in total. The third kappa shape index (κ3) is 42.7. The second-order valence-corrected chi connectivity index (χ2v) is 16.0. The van der Waals surface area contributed by atoms with Crippen LogP contribution in [0.1, 0.15) is 188 Å². The molecule has 344 valence electrons. The minimum atomic E-state index is -0.822. The number of esters is 1. The Kier molecular flexibility index (Phi) is 44.4. The number of unbranched alkanes of at least 4 members (excludes halogenated alkanes) is 17. The largest absolute Gasteiger partial charge is 0.462 e. The molecule has 0 saturated heterocycles. The molecule has 0 saturated carbocycles. The second kappa shape index (κ2) is 47.3. The number of carbonyl (C=O) groups excluding carboxylic acids is 2. The predicted octanol–water partition coefficient (Wildman–Crippen LogP) is 14.5. The Morgan fingerprint density at radius 2 is 0.902 bits per heavy atom. The van der Waals surface area contributed by atoms with E-state index in [9.17, 15) is 19.8 Å². The highest BCUT2D eigenvalue weighted by molar-refractivity contribution is 5.77. The summed E-state index contributed by atoms with van der Waals surface area (Å²) in [5.41, 5.74) is 0. The number of hydrogen-bond acceptors (Lipinski definition) is 5. The third-order valence-electron chi connectivity index (χ3n) is 10.3. The van der Waals surface area contributed by atoms with E-state index >= 15 is 0 Å². The van der Waals surface area contributed by atoms with Gasteiger partial charge in [-0.05, 0) is 57.8 Å². The summed E-state index contributed by atoms with van der Waals surface area (Å²) >= 11 is 0. The fourth-order valence-corrected chi connectivity index (χ4v) is 6.65. The third-order valence-corrected chi connectivity index (χ3v) is 10.3. The van der Waals surface area contributed by atoms with Crippen molar-refractivity contribution in [2.24, 2.45) is 0 Å². The molecule has 1 amide bonds. The zero-order valence-corrected chi connectivity index (χ0v) is 39.0. The van der Waals surface area contributed by atoms with Gasteiger partial charge in [-0.3, -0.25) is 9.59 Å². The van der Waals surface area contributed by atoms with Gasteiger partial charge in [0.05, 0.1) is 25.2 Å². The maximum atomic E-state index is 13.2. The van der Waals surface area contributed by atoms with Gasteiger partial charge < -0.3 is 20.3 Å². The minimum absolute atomic E-state index is 0.00220. The molecule has 3 atom stereocenters. The molecule has 0 aliphatic rings. The molecule has 0 radical (unpaired) electrons. The van der Waals surface area contributed by atoms with Crippen LogP contribution in [0.3, 0.4) is 0 Å². The summed E-state index contributed by atoms with van der Waals surface area (Å²) in [6.45, 7) is 6.15. The van der Waals surface area contributed by atoms with Crippen molar-refractivity contribution in [1.82, 2.24) is 5.32 Å². The summed E-state index contributed by atoms with van der Waals surface area (Å²) in [5.74, 6) is -0.609. The van der Waals surface area contributed by atoms with Crippen LogP contribution in [0.5, 0.6) is 0 Å². The van der Waals surface area contributed by atoms with Crippen LogP contribution < -0.4 is 5.32 Å². The van der Waals surface area contributed by atoms with Crippen molar-refractivity contribution in [2.75, 3.05) is 6.61 Å². The van der Waals surface area contributed by atoms with Gasteiger partial charge in [0.1, 0.15) is 6.10 Å². The van der Waals surface area contributed by atoms with Crippen molar-refractivity contribution in [1.29, 1.82) is 0 Å². The maximum Gasteiger partial charge on any atom is 0.306 e. The lowest BCUT2D eigenvalue weighted by Gasteiger charge is -2.24. The van der Waals surface area contributed by atoms with Crippen molar-refractivity contribution in [2.45, 2.75) is 206 Å². The normalized spacial score (nSPS) is 14.4. The van der Waals surface area contributed by atoms with Gasteiger partial charge in [0, 0.05) is 6.42 Å². The first-order chi connectivity index (χ1) is 30.0. The highest BCUT2D eigenvalue weighted by Gasteiger charge is 2.24. The predicted molar refractivity (Wildman–Crippen MR) is 263 cm³/mol. The smallest absolute Gasteiger partial charge is 0.306 e. The molecular weight excluding hydrogens is 755 g/mol. The quantitative estimate of drug-likeness (QED) is 0.0324. The molecule has 0 spiro atoms. The topological polar surface area (TPSA) is 95.9 Å². The van der Waals surface area contributed by atoms with E-state index in [4.69, 9.17) is 4.74 Å².